The fourth-order valence-electron chi connectivity index (χ4n) is 2.83. The first-order chi connectivity index (χ1) is 9.12. The van der Waals surface area contributed by atoms with E-state index in [2.05, 4.69) is 31.1 Å². The molecule has 0 radical (unpaired) electrons. The van der Waals surface area contributed by atoms with Crippen LogP contribution in [0.3, 0.4) is 0 Å². The van der Waals surface area contributed by atoms with Gasteiger partial charge < -0.3 is 9.64 Å². The molecule has 0 heterocycles. The summed E-state index contributed by atoms with van der Waals surface area (Å²) in [5.74, 6) is 0. The molecule has 0 atom stereocenters. The lowest BCUT2D eigenvalue weighted by molar-refractivity contribution is -0.0792. The summed E-state index contributed by atoms with van der Waals surface area (Å²) in [6.07, 6.45) is 6.03. The second-order valence-corrected chi connectivity index (χ2v) is 6.15. The van der Waals surface area contributed by atoms with E-state index in [9.17, 15) is 0 Å². The minimum absolute atomic E-state index is 0. The summed E-state index contributed by atoms with van der Waals surface area (Å²) in [6.45, 7) is 1.74. The lowest BCUT2D eigenvalue weighted by atomic mass is 9.79. The van der Waals surface area contributed by atoms with Crippen LogP contribution in [-0.4, -0.2) is 32.1 Å². The number of hydrogen-bond donors (Lipinski definition) is 0. The van der Waals surface area contributed by atoms with Crippen molar-refractivity contribution in [2.75, 3.05) is 27.2 Å². The number of hydrogen-bond acceptors (Lipinski definition) is 2. The lowest BCUT2D eigenvalue weighted by Crippen LogP contribution is -2.34. The molecule has 0 N–H and O–H groups in total. The molecule has 1 aliphatic carbocycles. The minimum atomic E-state index is -0.112. The highest BCUT2D eigenvalue weighted by molar-refractivity contribution is 6.30. The lowest BCUT2D eigenvalue weighted by Gasteiger charge is -2.38. The van der Waals surface area contributed by atoms with Crippen molar-refractivity contribution in [3.8, 4) is 0 Å². The molecule has 1 aromatic rings. The second kappa shape index (κ2) is 8.23. The van der Waals surface area contributed by atoms with E-state index in [1.807, 2.05) is 12.1 Å². The zero-order valence-electron chi connectivity index (χ0n) is 12.4. The van der Waals surface area contributed by atoms with E-state index < -0.39 is 0 Å². The number of rotatable bonds is 5. The first-order valence-electron chi connectivity index (χ1n) is 7.17. The number of ether oxygens (including phenoxy) is 1. The molecule has 1 fully saturated rings. The van der Waals surface area contributed by atoms with Gasteiger partial charge in [-0.3, -0.25) is 0 Å². The van der Waals surface area contributed by atoms with Gasteiger partial charge >= 0.3 is 0 Å². The van der Waals surface area contributed by atoms with Crippen LogP contribution in [0.15, 0.2) is 24.3 Å². The van der Waals surface area contributed by atoms with E-state index in [4.69, 9.17) is 16.3 Å². The van der Waals surface area contributed by atoms with Crippen LogP contribution in [0.5, 0.6) is 0 Å². The van der Waals surface area contributed by atoms with E-state index >= 15 is 0 Å². The summed E-state index contributed by atoms with van der Waals surface area (Å²) in [5.41, 5.74) is 1.14. The Labute approximate surface area is 133 Å². The highest BCUT2D eigenvalue weighted by atomic mass is 35.5. The molecule has 114 valence electrons. The van der Waals surface area contributed by atoms with Crippen LogP contribution in [0, 0.1) is 0 Å². The van der Waals surface area contributed by atoms with Crippen molar-refractivity contribution in [3.63, 3.8) is 0 Å². The molecule has 4 heteroatoms. The van der Waals surface area contributed by atoms with E-state index in [0.29, 0.717) is 0 Å². The molecule has 1 aliphatic rings. The zero-order valence-corrected chi connectivity index (χ0v) is 14.0. The molecule has 0 bridgehead atoms. The topological polar surface area (TPSA) is 12.5 Å². The Bertz CT molecular complexity index is 403. The van der Waals surface area contributed by atoms with Crippen molar-refractivity contribution in [3.05, 3.63) is 34.9 Å². The van der Waals surface area contributed by atoms with Gasteiger partial charge in [-0.1, -0.05) is 43.0 Å². The predicted molar refractivity (Wildman–Crippen MR) is 88.0 cm³/mol. The first kappa shape index (κ1) is 17.8. The predicted octanol–water partition coefficient (Wildman–Crippen LogP) is 4.50. The molecule has 2 nitrogen and oxygen atoms in total. The summed E-state index contributed by atoms with van der Waals surface area (Å²) < 4.78 is 6.32. The Hall–Kier alpha value is -0.280. The van der Waals surface area contributed by atoms with Gasteiger partial charge in [0.1, 0.15) is 0 Å². The number of likely N-dealkylation sites (N-methyl/N-ethyl adjacent to an activating group) is 1. The summed E-state index contributed by atoms with van der Waals surface area (Å²) in [5, 5.41) is 0.804. The quantitative estimate of drug-likeness (QED) is 0.792. The highest BCUT2D eigenvalue weighted by Gasteiger charge is 2.34. The standard InChI is InChI=1S/C16H24ClNO.ClH/c1-18(2)11-12-19-16(9-4-3-5-10-16)14-7-6-8-15(17)13-14;/h6-8,13H,3-5,9-12H2,1-2H3;1H. The Morgan fingerprint density at radius 3 is 2.50 bits per heavy atom. The van der Waals surface area contributed by atoms with Crippen LogP contribution >= 0.6 is 24.0 Å². The Kier molecular flexibility index (Phi) is 7.32. The van der Waals surface area contributed by atoms with E-state index in [0.717, 1.165) is 31.0 Å². The van der Waals surface area contributed by atoms with Gasteiger partial charge in [0, 0.05) is 11.6 Å². The van der Waals surface area contributed by atoms with Crippen LogP contribution in [-0.2, 0) is 10.3 Å². The average molecular weight is 318 g/mol. The molecule has 1 saturated carbocycles. The molecule has 2 rings (SSSR count). The van der Waals surface area contributed by atoms with Crippen LogP contribution in [0.4, 0.5) is 0 Å². The molecule has 0 saturated heterocycles. The maximum Gasteiger partial charge on any atom is 0.0932 e. The number of halogens is 2. The summed E-state index contributed by atoms with van der Waals surface area (Å²) >= 11 is 6.15. The highest BCUT2D eigenvalue weighted by Crippen LogP contribution is 2.41. The fraction of sp³-hybridized carbons (Fsp3) is 0.625. The van der Waals surface area contributed by atoms with Gasteiger partial charge in [-0.15, -0.1) is 12.4 Å². The summed E-state index contributed by atoms with van der Waals surface area (Å²) in [4.78, 5) is 2.16. The zero-order chi connectivity index (χ0) is 13.7. The monoisotopic (exact) mass is 317 g/mol. The summed E-state index contributed by atoms with van der Waals surface area (Å²) in [6, 6.07) is 8.19. The van der Waals surface area contributed by atoms with Crippen LogP contribution in [0.1, 0.15) is 37.7 Å². The van der Waals surface area contributed by atoms with Crippen molar-refractivity contribution in [2.24, 2.45) is 0 Å². The van der Waals surface area contributed by atoms with E-state index in [1.54, 1.807) is 0 Å². The largest absolute Gasteiger partial charge is 0.369 e. The van der Waals surface area contributed by atoms with Gasteiger partial charge in [0.05, 0.1) is 12.2 Å². The molecule has 0 aliphatic heterocycles. The molecule has 0 aromatic heterocycles. The van der Waals surface area contributed by atoms with Crippen molar-refractivity contribution in [1.29, 1.82) is 0 Å². The van der Waals surface area contributed by atoms with Gasteiger partial charge in [0.25, 0.3) is 0 Å². The molecular weight excluding hydrogens is 293 g/mol. The SMILES string of the molecule is CN(C)CCOC1(c2cccc(Cl)c2)CCCCC1.Cl. The molecular formula is C16H25Cl2NO. The summed E-state index contributed by atoms with van der Waals surface area (Å²) in [7, 11) is 4.16. The fourth-order valence-corrected chi connectivity index (χ4v) is 3.02. The third-order valence-electron chi connectivity index (χ3n) is 3.93. The molecule has 0 unspecified atom stereocenters. The van der Waals surface area contributed by atoms with E-state index in [1.165, 1.54) is 24.8 Å². The third-order valence-corrected chi connectivity index (χ3v) is 4.16. The Morgan fingerprint density at radius 1 is 1.20 bits per heavy atom. The van der Waals surface area contributed by atoms with Crippen LogP contribution < -0.4 is 0 Å². The molecule has 0 spiro atoms. The Balaban J connectivity index is 0.00000200. The van der Waals surface area contributed by atoms with Crippen molar-refractivity contribution in [2.45, 2.75) is 37.7 Å². The van der Waals surface area contributed by atoms with Crippen molar-refractivity contribution in [1.82, 2.24) is 4.90 Å². The van der Waals surface area contributed by atoms with Crippen LogP contribution in [0.25, 0.3) is 0 Å². The van der Waals surface area contributed by atoms with Gasteiger partial charge in [0.15, 0.2) is 0 Å². The average Bonchev–Trinajstić information content (AvgIpc) is 2.39. The second-order valence-electron chi connectivity index (χ2n) is 5.72. The maximum atomic E-state index is 6.32. The molecule has 0 amide bonds. The van der Waals surface area contributed by atoms with Gasteiger partial charge in [-0.25, -0.2) is 0 Å². The molecule has 20 heavy (non-hydrogen) atoms. The molecule has 1 aromatic carbocycles. The van der Waals surface area contributed by atoms with Gasteiger partial charge in [0.2, 0.25) is 0 Å². The van der Waals surface area contributed by atoms with E-state index in [-0.39, 0.29) is 18.0 Å². The van der Waals surface area contributed by atoms with Crippen molar-refractivity contribution >= 4 is 24.0 Å². The maximum absolute atomic E-state index is 6.32. The minimum Gasteiger partial charge on any atom is -0.369 e. The number of benzene rings is 1. The van der Waals surface area contributed by atoms with Crippen molar-refractivity contribution < 1.29 is 4.74 Å². The smallest absolute Gasteiger partial charge is 0.0932 e. The Morgan fingerprint density at radius 2 is 1.90 bits per heavy atom. The normalized spacial score (nSPS) is 17.8. The first-order valence-corrected chi connectivity index (χ1v) is 7.55. The number of nitrogens with zero attached hydrogens (tertiary/aromatic N) is 1. The van der Waals surface area contributed by atoms with Gasteiger partial charge in [-0.05, 0) is 44.6 Å². The third kappa shape index (κ3) is 4.63. The van der Waals surface area contributed by atoms with Crippen LogP contribution in [0.2, 0.25) is 5.02 Å². The van der Waals surface area contributed by atoms with Gasteiger partial charge in [-0.2, -0.15) is 0 Å².